The first-order chi connectivity index (χ1) is 10.0. The van der Waals surface area contributed by atoms with Crippen LogP contribution in [0.5, 0.6) is 11.5 Å². The number of aromatic hydroxyl groups is 1. The van der Waals surface area contributed by atoms with Gasteiger partial charge in [0.15, 0.2) is 0 Å². The largest absolute Gasteiger partial charge is 0.507 e. The van der Waals surface area contributed by atoms with Crippen molar-refractivity contribution >= 4 is 17.3 Å². The van der Waals surface area contributed by atoms with Gasteiger partial charge >= 0.3 is 0 Å². The van der Waals surface area contributed by atoms with E-state index in [0.717, 1.165) is 11.3 Å². The zero-order valence-electron chi connectivity index (χ0n) is 11.7. The van der Waals surface area contributed by atoms with Gasteiger partial charge in [-0.1, -0.05) is 11.6 Å². The topological polar surface area (TPSA) is 65.3 Å². The van der Waals surface area contributed by atoms with Gasteiger partial charge in [0.25, 0.3) is 0 Å². The normalized spacial score (nSPS) is 11.5. The van der Waals surface area contributed by atoms with Gasteiger partial charge in [-0.25, -0.2) is 0 Å². The molecule has 4 nitrogen and oxygen atoms in total. The summed E-state index contributed by atoms with van der Waals surface area (Å²) in [7, 11) is 1.55. The van der Waals surface area contributed by atoms with Gasteiger partial charge in [0.1, 0.15) is 17.6 Å². The fraction of sp³-hybridized carbons (Fsp3) is 0.188. The molecule has 0 aliphatic rings. The molecule has 1 atom stereocenters. The third-order valence-electron chi connectivity index (χ3n) is 3.17. The zero-order valence-corrected chi connectivity index (χ0v) is 12.5. The highest BCUT2D eigenvalue weighted by atomic mass is 35.5. The van der Waals surface area contributed by atoms with Crippen LogP contribution in [-0.2, 0) is 0 Å². The summed E-state index contributed by atoms with van der Waals surface area (Å²) in [6.07, 6.45) is 0. The molecule has 2 N–H and O–H groups in total. The Kier molecular flexibility index (Phi) is 4.56. The quantitative estimate of drug-likeness (QED) is 0.892. The van der Waals surface area contributed by atoms with E-state index in [1.165, 1.54) is 0 Å². The van der Waals surface area contributed by atoms with Crippen LogP contribution in [0.15, 0.2) is 36.4 Å². The van der Waals surface area contributed by atoms with E-state index in [0.29, 0.717) is 16.3 Å². The average molecular weight is 303 g/mol. The van der Waals surface area contributed by atoms with Crippen molar-refractivity contribution in [3.05, 3.63) is 52.5 Å². The van der Waals surface area contributed by atoms with E-state index in [2.05, 4.69) is 5.32 Å². The average Bonchev–Trinajstić information content (AvgIpc) is 2.48. The Morgan fingerprint density at radius 1 is 1.29 bits per heavy atom. The summed E-state index contributed by atoms with van der Waals surface area (Å²) < 4.78 is 5.06. The molecule has 0 fully saturated rings. The van der Waals surface area contributed by atoms with Crippen LogP contribution < -0.4 is 10.1 Å². The highest BCUT2D eigenvalue weighted by Crippen LogP contribution is 2.31. The highest BCUT2D eigenvalue weighted by Gasteiger charge is 2.12. The number of hydrogen-bond donors (Lipinski definition) is 2. The number of phenolic OH excluding ortho intramolecular Hbond substituents is 1. The van der Waals surface area contributed by atoms with E-state index in [1.807, 2.05) is 13.0 Å². The van der Waals surface area contributed by atoms with Crippen molar-refractivity contribution in [3.63, 3.8) is 0 Å². The lowest BCUT2D eigenvalue weighted by molar-refractivity contribution is 0.406. The SMILES string of the molecule is COc1ccc(C(C)Nc2ccc(Cl)c(C#N)c2)c(O)c1. The molecule has 108 valence electrons. The highest BCUT2D eigenvalue weighted by molar-refractivity contribution is 6.31. The minimum atomic E-state index is -0.136. The number of benzene rings is 2. The van der Waals surface area contributed by atoms with Crippen molar-refractivity contribution in [2.75, 3.05) is 12.4 Å². The minimum absolute atomic E-state index is 0.136. The second-order valence-corrected chi connectivity index (χ2v) is 5.00. The molecule has 0 aromatic heterocycles. The van der Waals surface area contributed by atoms with Crippen molar-refractivity contribution < 1.29 is 9.84 Å². The number of anilines is 1. The van der Waals surface area contributed by atoms with E-state index >= 15 is 0 Å². The van der Waals surface area contributed by atoms with Crippen LogP contribution in [0.3, 0.4) is 0 Å². The number of nitrogens with one attached hydrogen (secondary N) is 1. The number of phenols is 1. The van der Waals surface area contributed by atoms with Crippen LogP contribution in [0, 0.1) is 11.3 Å². The molecular formula is C16H15ClN2O2. The van der Waals surface area contributed by atoms with Gasteiger partial charge < -0.3 is 15.2 Å². The van der Waals surface area contributed by atoms with Gasteiger partial charge in [-0.15, -0.1) is 0 Å². The van der Waals surface area contributed by atoms with E-state index in [1.54, 1.807) is 43.5 Å². The molecule has 2 aromatic rings. The second-order valence-electron chi connectivity index (χ2n) is 4.60. The summed E-state index contributed by atoms with van der Waals surface area (Å²) in [6, 6.07) is 12.2. The number of nitriles is 1. The van der Waals surface area contributed by atoms with Crippen molar-refractivity contribution in [3.8, 4) is 17.6 Å². The molecule has 0 aliphatic carbocycles. The maximum Gasteiger partial charge on any atom is 0.124 e. The molecule has 0 saturated heterocycles. The lowest BCUT2D eigenvalue weighted by atomic mass is 10.1. The van der Waals surface area contributed by atoms with E-state index in [9.17, 15) is 5.11 Å². The van der Waals surface area contributed by atoms with Gasteiger partial charge in [0.05, 0.1) is 23.7 Å². The van der Waals surface area contributed by atoms with Gasteiger partial charge in [0.2, 0.25) is 0 Å². The number of hydrogen-bond acceptors (Lipinski definition) is 4. The first-order valence-electron chi connectivity index (χ1n) is 6.38. The lowest BCUT2D eigenvalue weighted by Crippen LogP contribution is -2.07. The Bertz CT molecular complexity index is 695. The summed E-state index contributed by atoms with van der Waals surface area (Å²) in [5.74, 6) is 0.755. The molecule has 0 spiro atoms. The summed E-state index contributed by atoms with van der Waals surface area (Å²) >= 11 is 5.90. The van der Waals surface area contributed by atoms with Crippen LogP contribution in [0.25, 0.3) is 0 Å². The van der Waals surface area contributed by atoms with Gasteiger partial charge in [0, 0.05) is 17.3 Å². The Labute approximate surface area is 128 Å². The number of halogens is 1. The molecular weight excluding hydrogens is 288 g/mol. The van der Waals surface area contributed by atoms with Crippen LogP contribution in [-0.4, -0.2) is 12.2 Å². The second kappa shape index (κ2) is 6.38. The molecule has 5 heteroatoms. The number of ether oxygens (including phenoxy) is 1. The number of rotatable bonds is 4. The first-order valence-corrected chi connectivity index (χ1v) is 6.76. The number of nitrogens with zero attached hydrogens (tertiary/aromatic N) is 1. The van der Waals surface area contributed by atoms with Crippen molar-refractivity contribution in [1.82, 2.24) is 0 Å². The molecule has 2 aromatic carbocycles. The van der Waals surface area contributed by atoms with Crippen LogP contribution in [0.2, 0.25) is 5.02 Å². The van der Waals surface area contributed by atoms with Gasteiger partial charge in [-0.2, -0.15) is 5.26 Å². The Balaban J connectivity index is 2.22. The van der Waals surface area contributed by atoms with E-state index < -0.39 is 0 Å². The molecule has 0 amide bonds. The molecule has 0 radical (unpaired) electrons. The Morgan fingerprint density at radius 3 is 2.67 bits per heavy atom. The standard InChI is InChI=1S/C16H15ClN2O2/c1-10(14-5-4-13(21-2)8-16(14)20)19-12-3-6-15(17)11(7-12)9-18/h3-8,10,19-20H,1-2H3. The van der Waals surface area contributed by atoms with Crippen LogP contribution in [0.4, 0.5) is 5.69 Å². The third kappa shape index (κ3) is 3.39. The Morgan fingerprint density at radius 2 is 2.05 bits per heavy atom. The molecule has 1 unspecified atom stereocenters. The predicted molar refractivity (Wildman–Crippen MR) is 82.9 cm³/mol. The maximum atomic E-state index is 10.0. The van der Waals surface area contributed by atoms with E-state index in [-0.39, 0.29) is 11.8 Å². The van der Waals surface area contributed by atoms with Crippen LogP contribution >= 0.6 is 11.6 Å². The van der Waals surface area contributed by atoms with E-state index in [4.69, 9.17) is 21.6 Å². The molecule has 0 heterocycles. The van der Waals surface area contributed by atoms with Crippen LogP contribution in [0.1, 0.15) is 24.1 Å². The van der Waals surface area contributed by atoms with Gasteiger partial charge in [-0.05, 0) is 37.3 Å². The minimum Gasteiger partial charge on any atom is -0.507 e. The van der Waals surface area contributed by atoms with Crippen molar-refractivity contribution in [2.24, 2.45) is 0 Å². The predicted octanol–water partition coefficient (Wildman–Crippen LogP) is 4.10. The summed E-state index contributed by atoms with van der Waals surface area (Å²) in [5.41, 5.74) is 1.91. The first kappa shape index (κ1) is 15.0. The molecule has 21 heavy (non-hydrogen) atoms. The summed E-state index contributed by atoms with van der Waals surface area (Å²) in [4.78, 5) is 0. The van der Waals surface area contributed by atoms with Gasteiger partial charge in [-0.3, -0.25) is 0 Å². The summed E-state index contributed by atoms with van der Waals surface area (Å²) in [5, 5.41) is 22.6. The maximum absolute atomic E-state index is 10.0. The molecule has 0 bridgehead atoms. The number of methoxy groups -OCH3 is 1. The third-order valence-corrected chi connectivity index (χ3v) is 3.50. The smallest absolute Gasteiger partial charge is 0.124 e. The molecule has 2 rings (SSSR count). The van der Waals surface area contributed by atoms with Crippen molar-refractivity contribution in [2.45, 2.75) is 13.0 Å². The van der Waals surface area contributed by atoms with Crippen molar-refractivity contribution in [1.29, 1.82) is 5.26 Å². The Hall–Kier alpha value is -2.38. The zero-order chi connectivity index (χ0) is 15.4. The molecule has 0 saturated carbocycles. The molecule has 0 aliphatic heterocycles. The summed E-state index contributed by atoms with van der Waals surface area (Å²) in [6.45, 7) is 1.92. The monoisotopic (exact) mass is 302 g/mol. The fourth-order valence-corrected chi connectivity index (χ4v) is 2.20. The fourth-order valence-electron chi connectivity index (χ4n) is 2.05. The lowest BCUT2D eigenvalue weighted by Gasteiger charge is -2.17.